The summed E-state index contributed by atoms with van der Waals surface area (Å²) in [7, 11) is 0. The Bertz CT molecular complexity index is 1170. The summed E-state index contributed by atoms with van der Waals surface area (Å²) in [6, 6.07) is 38.3. The van der Waals surface area contributed by atoms with Crippen molar-refractivity contribution < 1.29 is 14.6 Å². The molecule has 4 rings (SSSR count). The summed E-state index contributed by atoms with van der Waals surface area (Å²) in [5, 5.41) is 12.0. The number of carbonyl (C=O) groups is 1. The Kier molecular flexibility index (Phi) is 8.66. The van der Waals surface area contributed by atoms with Crippen LogP contribution in [0.3, 0.4) is 0 Å². The molecule has 0 aromatic heterocycles. The molecule has 4 aromatic rings. The molecule has 0 radical (unpaired) electrons. The maximum Gasteiger partial charge on any atom is 0.309 e. The summed E-state index contributed by atoms with van der Waals surface area (Å²) in [6.45, 7) is 3.62. The van der Waals surface area contributed by atoms with Crippen LogP contribution in [0.5, 0.6) is 0 Å². The van der Waals surface area contributed by atoms with Crippen LogP contribution < -0.4 is 0 Å². The van der Waals surface area contributed by atoms with E-state index in [9.17, 15) is 9.90 Å². The van der Waals surface area contributed by atoms with Gasteiger partial charge < -0.3 is 9.84 Å². The Morgan fingerprint density at radius 1 is 0.722 bits per heavy atom. The number of esters is 1. The van der Waals surface area contributed by atoms with Gasteiger partial charge >= 0.3 is 5.97 Å². The van der Waals surface area contributed by atoms with E-state index in [1.165, 1.54) is 0 Å². The summed E-state index contributed by atoms with van der Waals surface area (Å²) in [6.07, 6.45) is -0.119. The summed E-state index contributed by atoms with van der Waals surface area (Å²) in [5.74, 6) is -0.411. The first-order valence-electron chi connectivity index (χ1n) is 12.4. The van der Waals surface area contributed by atoms with Gasteiger partial charge in [0, 0.05) is 19.6 Å². The van der Waals surface area contributed by atoms with Crippen LogP contribution in [-0.4, -0.2) is 29.1 Å². The Hall–Kier alpha value is -3.73. The van der Waals surface area contributed by atoms with E-state index in [1.807, 2.05) is 78.9 Å². The Balaban J connectivity index is 1.65. The highest BCUT2D eigenvalue weighted by Gasteiger charge is 2.35. The van der Waals surface area contributed by atoms with Crippen LogP contribution in [0.25, 0.3) is 11.1 Å². The molecule has 0 heterocycles. The van der Waals surface area contributed by atoms with Crippen LogP contribution in [0.1, 0.15) is 30.0 Å². The lowest BCUT2D eigenvalue weighted by Crippen LogP contribution is -2.42. The van der Waals surface area contributed by atoms with Gasteiger partial charge in [-0.1, -0.05) is 115 Å². The second-order valence-corrected chi connectivity index (χ2v) is 9.07. The van der Waals surface area contributed by atoms with Gasteiger partial charge in [0.25, 0.3) is 0 Å². The molecule has 0 fully saturated rings. The SMILES string of the molecule is CCOC(=O)CC(O)(CN(Cc1ccccc1)Cc1ccccc1)c1ccc(-c2ccccc2)cc1. The molecule has 1 atom stereocenters. The summed E-state index contributed by atoms with van der Waals surface area (Å²) >= 11 is 0. The van der Waals surface area contributed by atoms with E-state index in [0.29, 0.717) is 18.7 Å². The predicted octanol–water partition coefficient (Wildman–Crippen LogP) is 6.20. The zero-order valence-corrected chi connectivity index (χ0v) is 20.7. The largest absolute Gasteiger partial charge is 0.466 e. The van der Waals surface area contributed by atoms with Gasteiger partial charge in [-0.25, -0.2) is 0 Å². The van der Waals surface area contributed by atoms with Gasteiger partial charge in [0.2, 0.25) is 0 Å². The third kappa shape index (κ3) is 6.91. The molecule has 1 unspecified atom stereocenters. The highest BCUT2D eigenvalue weighted by Crippen LogP contribution is 2.31. The van der Waals surface area contributed by atoms with E-state index in [0.717, 1.165) is 22.3 Å². The van der Waals surface area contributed by atoms with E-state index < -0.39 is 11.6 Å². The molecule has 4 aromatic carbocycles. The van der Waals surface area contributed by atoms with Gasteiger partial charge in [-0.05, 0) is 34.7 Å². The molecule has 0 saturated carbocycles. The maximum atomic E-state index is 12.6. The van der Waals surface area contributed by atoms with Gasteiger partial charge in [0.15, 0.2) is 0 Å². The molecular formula is C32H33NO3. The zero-order valence-electron chi connectivity index (χ0n) is 20.7. The van der Waals surface area contributed by atoms with E-state index in [1.54, 1.807) is 6.92 Å². The summed E-state index contributed by atoms with van der Waals surface area (Å²) < 4.78 is 5.25. The quantitative estimate of drug-likeness (QED) is 0.260. The maximum absolute atomic E-state index is 12.6. The molecule has 36 heavy (non-hydrogen) atoms. The fourth-order valence-corrected chi connectivity index (χ4v) is 4.52. The molecule has 184 valence electrons. The van der Waals surface area contributed by atoms with Gasteiger partial charge in [-0.2, -0.15) is 0 Å². The first-order chi connectivity index (χ1) is 17.6. The first-order valence-corrected chi connectivity index (χ1v) is 12.4. The number of hydrogen-bond donors (Lipinski definition) is 1. The second kappa shape index (κ2) is 12.3. The van der Waals surface area contributed by atoms with Crippen LogP contribution in [0, 0.1) is 0 Å². The number of nitrogens with zero attached hydrogens (tertiary/aromatic N) is 1. The van der Waals surface area contributed by atoms with E-state index in [2.05, 4.69) is 41.3 Å². The Morgan fingerprint density at radius 2 is 1.19 bits per heavy atom. The lowest BCUT2D eigenvalue weighted by Gasteiger charge is -2.34. The van der Waals surface area contributed by atoms with Crippen LogP contribution in [-0.2, 0) is 28.2 Å². The molecular weight excluding hydrogens is 446 g/mol. The van der Waals surface area contributed by atoms with Gasteiger partial charge in [0.05, 0.1) is 13.0 Å². The van der Waals surface area contributed by atoms with Crippen LogP contribution in [0.15, 0.2) is 115 Å². The molecule has 0 aliphatic heterocycles. The Labute approximate surface area is 213 Å². The fraction of sp³-hybridized carbons (Fsp3) is 0.219. The van der Waals surface area contributed by atoms with Crippen molar-refractivity contribution in [3.05, 3.63) is 132 Å². The molecule has 0 bridgehead atoms. The molecule has 0 spiro atoms. The average molecular weight is 480 g/mol. The summed E-state index contributed by atoms with van der Waals surface area (Å²) in [4.78, 5) is 14.8. The van der Waals surface area contributed by atoms with Gasteiger partial charge in [-0.15, -0.1) is 0 Å². The van der Waals surface area contributed by atoms with Crippen molar-refractivity contribution >= 4 is 5.97 Å². The molecule has 1 N–H and O–H groups in total. The lowest BCUT2D eigenvalue weighted by atomic mass is 9.88. The van der Waals surface area contributed by atoms with Crippen molar-refractivity contribution in [3.8, 4) is 11.1 Å². The number of hydrogen-bond acceptors (Lipinski definition) is 4. The number of ether oxygens (including phenoxy) is 1. The topological polar surface area (TPSA) is 49.8 Å². The zero-order chi connectivity index (χ0) is 25.2. The first kappa shape index (κ1) is 25.4. The summed E-state index contributed by atoms with van der Waals surface area (Å²) in [5.41, 5.74) is 3.74. The second-order valence-electron chi connectivity index (χ2n) is 9.07. The minimum atomic E-state index is -1.41. The molecule has 4 nitrogen and oxygen atoms in total. The van der Waals surface area contributed by atoms with Crippen molar-refractivity contribution in [1.29, 1.82) is 0 Å². The lowest BCUT2D eigenvalue weighted by molar-refractivity contribution is -0.150. The van der Waals surface area contributed by atoms with Crippen molar-refractivity contribution in [1.82, 2.24) is 4.90 Å². The highest BCUT2D eigenvalue weighted by molar-refractivity contribution is 5.71. The third-order valence-electron chi connectivity index (χ3n) is 6.25. The molecule has 0 aliphatic carbocycles. The smallest absolute Gasteiger partial charge is 0.309 e. The normalized spacial score (nSPS) is 12.8. The van der Waals surface area contributed by atoms with Crippen LogP contribution >= 0.6 is 0 Å². The van der Waals surface area contributed by atoms with E-state index >= 15 is 0 Å². The van der Waals surface area contributed by atoms with Crippen molar-refractivity contribution in [2.75, 3.05) is 13.2 Å². The third-order valence-corrected chi connectivity index (χ3v) is 6.25. The minimum absolute atomic E-state index is 0.119. The number of aliphatic hydroxyl groups is 1. The minimum Gasteiger partial charge on any atom is -0.466 e. The molecule has 0 saturated heterocycles. The number of benzene rings is 4. The molecule has 0 amide bonds. The molecule has 4 heteroatoms. The van der Waals surface area contributed by atoms with E-state index in [4.69, 9.17) is 4.74 Å². The fourth-order valence-electron chi connectivity index (χ4n) is 4.52. The van der Waals surface area contributed by atoms with Crippen molar-refractivity contribution in [3.63, 3.8) is 0 Å². The Morgan fingerprint density at radius 3 is 1.69 bits per heavy atom. The van der Waals surface area contributed by atoms with Crippen LogP contribution in [0.4, 0.5) is 0 Å². The van der Waals surface area contributed by atoms with Crippen molar-refractivity contribution in [2.24, 2.45) is 0 Å². The van der Waals surface area contributed by atoms with E-state index in [-0.39, 0.29) is 19.6 Å². The van der Waals surface area contributed by atoms with Crippen LogP contribution in [0.2, 0.25) is 0 Å². The van der Waals surface area contributed by atoms with Crippen molar-refractivity contribution in [2.45, 2.75) is 32.0 Å². The van der Waals surface area contributed by atoms with Gasteiger partial charge in [-0.3, -0.25) is 9.69 Å². The number of carbonyl (C=O) groups excluding carboxylic acids is 1. The highest BCUT2D eigenvalue weighted by atomic mass is 16.5. The predicted molar refractivity (Wildman–Crippen MR) is 144 cm³/mol. The standard InChI is InChI=1S/C32H33NO3/c1-2-36-31(34)22-32(35,30-20-18-29(19-21-30)28-16-10-5-11-17-28)25-33(23-26-12-6-3-7-13-26)24-27-14-8-4-9-15-27/h3-21,35H,2,22-25H2,1H3. The monoisotopic (exact) mass is 479 g/mol. The van der Waals surface area contributed by atoms with Gasteiger partial charge in [0.1, 0.15) is 5.60 Å². The average Bonchev–Trinajstić information content (AvgIpc) is 2.90. The molecule has 0 aliphatic rings. The number of rotatable bonds is 11.